The van der Waals surface area contributed by atoms with E-state index in [9.17, 15) is 17.6 Å². The first-order valence-electron chi connectivity index (χ1n) is 7.23. The molecule has 24 heavy (non-hydrogen) atoms. The Balaban J connectivity index is 1.87. The van der Waals surface area contributed by atoms with E-state index in [4.69, 9.17) is 0 Å². The van der Waals surface area contributed by atoms with Gasteiger partial charge in [-0.2, -0.15) is 13.2 Å². The number of halogens is 4. The van der Waals surface area contributed by atoms with E-state index < -0.39 is 11.7 Å². The fourth-order valence-electron chi connectivity index (χ4n) is 2.05. The molecular weight excluding hydrogens is 322 g/mol. The van der Waals surface area contributed by atoms with Crippen molar-refractivity contribution in [3.05, 3.63) is 71.0 Å². The molecule has 128 valence electrons. The molecule has 2 aromatic carbocycles. The van der Waals surface area contributed by atoms with Gasteiger partial charge in [-0.1, -0.05) is 24.3 Å². The molecule has 3 nitrogen and oxygen atoms in total. The maximum atomic E-state index is 13.1. The van der Waals surface area contributed by atoms with E-state index in [0.29, 0.717) is 24.6 Å². The first-order chi connectivity index (χ1) is 11.4. The largest absolute Gasteiger partial charge is 0.416 e. The third-order valence-electron chi connectivity index (χ3n) is 3.31. The Morgan fingerprint density at radius 3 is 2.12 bits per heavy atom. The van der Waals surface area contributed by atoms with Gasteiger partial charge in [0.05, 0.1) is 5.56 Å². The Kier molecular flexibility index (Phi) is 5.78. The van der Waals surface area contributed by atoms with Crippen LogP contribution in [0.2, 0.25) is 0 Å². The van der Waals surface area contributed by atoms with Gasteiger partial charge in [0.15, 0.2) is 5.96 Å². The van der Waals surface area contributed by atoms with Gasteiger partial charge in [0.25, 0.3) is 0 Å². The lowest BCUT2D eigenvalue weighted by Gasteiger charge is -2.13. The highest BCUT2D eigenvalue weighted by molar-refractivity contribution is 5.79. The number of guanidine groups is 1. The highest BCUT2D eigenvalue weighted by Crippen LogP contribution is 2.28. The fraction of sp³-hybridized carbons (Fsp3) is 0.235. The quantitative estimate of drug-likeness (QED) is 0.506. The van der Waals surface area contributed by atoms with Crippen LogP contribution in [0, 0.1) is 5.82 Å². The van der Waals surface area contributed by atoms with E-state index in [1.165, 1.54) is 24.3 Å². The summed E-state index contributed by atoms with van der Waals surface area (Å²) in [5.41, 5.74) is 0.768. The average molecular weight is 339 g/mol. The highest BCUT2D eigenvalue weighted by atomic mass is 19.4. The van der Waals surface area contributed by atoms with Crippen molar-refractivity contribution in [2.75, 3.05) is 7.05 Å². The Morgan fingerprint density at radius 2 is 1.58 bits per heavy atom. The minimum Gasteiger partial charge on any atom is -0.352 e. The summed E-state index contributed by atoms with van der Waals surface area (Å²) in [6.07, 6.45) is -4.34. The standard InChI is InChI=1S/C17H17F4N3/c1-22-16(24-11-13-3-2-4-15(18)9-13)23-10-12-5-7-14(8-6-12)17(19,20)21/h2-9H,10-11H2,1H3,(H2,22,23,24). The van der Waals surface area contributed by atoms with Crippen LogP contribution in [-0.2, 0) is 19.3 Å². The molecule has 0 aliphatic heterocycles. The molecule has 0 saturated heterocycles. The molecule has 2 N–H and O–H groups in total. The molecule has 0 unspecified atom stereocenters. The zero-order chi connectivity index (χ0) is 17.6. The number of aliphatic imine (C=N–C) groups is 1. The summed E-state index contributed by atoms with van der Waals surface area (Å²) < 4.78 is 50.6. The molecule has 0 aromatic heterocycles. The van der Waals surface area contributed by atoms with Crippen LogP contribution in [0.4, 0.5) is 17.6 Å². The van der Waals surface area contributed by atoms with Crippen LogP contribution in [0.3, 0.4) is 0 Å². The number of benzene rings is 2. The zero-order valence-corrected chi connectivity index (χ0v) is 13.0. The van der Waals surface area contributed by atoms with Gasteiger partial charge < -0.3 is 10.6 Å². The predicted octanol–water partition coefficient (Wildman–Crippen LogP) is 3.71. The lowest BCUT2D eigenvalue weighted by Crippen LogP contribution is -2.36. The summed E-state index contributed by atoms with van der Waals surface area (Å²) in [5.74, 6) is 0.154. The molecule has 0 fully saturated rings. The molecule has 0 spiro atoms. The zero-order valence-electron chi connectivity index (χ0n) is 13.0. The minimum atomic E-state index is -4.34. The summed E-state index contributed by atoms with van der Waals surface area (Å²) in [5, 5.41) is 6.00. The number of hydrogen-bond donors (Lipinski definition) is 2. The van der Waals surface area contributed by atoms with Crippen LogP contribution in [0.15, 0.2) is 53.5 Å². The van der Waals surface area contributed by atoms with Crippen molar-refractivity contribution in [3.63, 3.8) is 0 Å². The second-order valence-corrected chi connectivity index (χ2v) is 5.10. The molecule has 0 radical (unpaired) electrons. The number of nitrogens with one attached hydrogen (secondary N) is 2. The molecule has 0 aliphatic carbocycles. The third kappa shape index (κ3) is 5.26. The molecule has 0 saturated carbocycles. The van der Waals surface area contributed by atoms with Crippen molar-refractivity contribution < 1.29 is 17.6 Å². The van der Waals surface area contributed by atoms with Gasteiger partial charge in [-0.3, -0.25) is 4.99 Å². The van der Waals surface area contributed by atoms with Gasteiger partial charge in [-0.05, 0) is 35.4 Å². The summed E-state index contributed by atoms with van der Waals surface area (Å²) in [6.45, 7) is 0.700. The maximum Gasteiger partial charge on any atom is 0.416 e. The van der Waals surface area contributed by atoms with E-state index in [2.05, 4.69) is 15.6 Å². The monoisotopic (exact) mass is 339 g/mol. The predicted molar refractivity (Wildman–Crippen MR) is 84.9 cm³/mol. The summed E-state index contributed by atoms with van der Waals surface area (Å²) in [6, 6.07) is 11.1. The van der Waals surface area contributed by atoms with Crippen molar-refractivity contribution in [2.24, 2.45) is 4.99 Å². The first-order valence-corrected chi connectivity index (χ1v) is 7.23. The van der Waals surface area contributed by atoms with Gasteiger partial charge in [-0.15, -0.1) is 0 Å². The highest BCUT2D eigenvalue weighted by Gasteiger charge is 2.29. The Labute approximate surface area is 137 Å². The van der Waals surface area contributed by atoms with Gasteiger partial charge in [0.1, 0.15) is 5.82 Å². The molecule has 0 bridgehead atoms. The van der Waals surface area contributed by atoms with Crippen LogP contribution in [0.5, 0.6) is 0 Å². The average Bonchev–Trinajstić information content (AvgIpc) is 2.55. The van der Waals surface area contributed by atoms with E-state index in [1.807, 2.05) is 0 Å². The Morgan fingerprint density at radius 1 is 0.958 bits per heavy atom. The van der Waals surface area contributed by atoms with Crippen molar-refractivity contribution in [1.82, 2.24) is 10.6 Å². The molecule has 0 heterocycles. The Bertz CT molecular complexity index is 694. The molecule has 7 heteroatoms. The third-order valence-corrected chi connectivity index (χ3v) is 3.31. The number of hydrogen-bond acceptors (Lipinski definition) is 1. The summed E-state index contributed by atoms with van der Waals surface area (Å²) in [4.78, 5) is 4.02. The second kappa shape index (κ2) is 7.81. The maximum absolute atomic E-state index is 13.1. The van der Waals surface area contributed by atoms with Crippen LogP contribution >= 0.6 is 0 Å². The van der Waals surface area contributed by atoms with Crippen molar-refractivity contribution in [3.8, 4) is 0 Å². The van der Waals surface area contributed by atoms with Crippen molar-refractivity contribution in [1.29, 1.82) is 0 Å². The van der Waals surface area contributed by atoms with Gasteiger partial charge in [0, 0.05) is 20.1 Å². The van der Waals surface area contributed by atoms with Crippen LogP contribution in [-0.4, -0.2) is 13.0 Å². The van der Waals surface area contributed by atoms with Crippen LogP contribution < -0.4 is 10.6 Å². The number of rotatable bonds is 4. The molecule has 0 atom stereocenters. The molecule has 2 rings (SSSR count). The van der Waals surface area contributed by atoms with E-state index in [1.54, 1.807) is 19.2 Å². The number of nitrogens with zero attached hydrogens (tertiary/aromatic N) is 1. The van der Waals surface area contributed by atoms with E-state index in [0.717, 1.165) is 17.7 Å². The van der Waals surface area contributed by atoms with Crippen molar-refractivity contribution >= 4 is 5.96 Å². The van der Waals surface area contributed by atoms with Gasteiger partial charge >= 0.3 is 6.18 Å². The summed E-state index contributed by atoms with van der Waals surface area (Å²) >= 11 is 0. The molecular formula is C17H17F4N3. The van der Waals surface area contributed by atoms with E-state index in [-0.39, 0.29) is 5.82 Å². The van der Waals surface area contributed by atoms with Crippen molar-refractivity contribution in [2.45, 2.75) is 19.3 Å². The van der Waals surface area contributed by atoms with E-state index >= 15 is 0 Å². The Hall–Kier alpha value is -2.57. The lowest BCUT2D eigenvalue weighted by atomic mass is 10.1. The normalized spacial score (nSPS) is 12.1. The van der Waals surface area contributed by atoms with Gasteiger partial charge in [-0.25, -0.2) is 4.39 Å². The molecule has 0 aliphatic rings. The smallest absolute Gasteiger partial charge is 0.352 e. The van der Waals surface area contributed by atoms with Crippen LogP contribution in [0.25, 0.3) is 0 Å². The molecule has 0 amide bonds. The number of alkyl halides is 3. The summed E-state index contributed by atoms with van der Waals surface area (Å²) in [7, 11) is 1.58. The van der Waals surface area contributed by atoms with Crippen LogP contribution in [0.1, 0.15) is 16.7 Å². The van der Waals surface area contributed by atoms with Gasteiger partial charge in [0.2, 0.25) is 0 Å². The lowest BCUT2D eigenvalue weighted by molar-refractivity contribution is -0.137. The first kappa shape index (κ1) is 17.8. The minimum absolute atomic E-state index is 0.318. The SMILES string of the molecule is CN=C(NCc1ccc(C(F)(F)F)cc1)NCc1cccc(F)c1. The topological polar surface area (TPSA) is 36.4 Å². The molecule has 2 aromatic rings. The fourth-order valence-corrected chi connectivity index (χ4v) is 2.05. The second-order valence-electron chi connectivity index (χ2n) is 5.10.